The first-order valence-electron chi connectivity index (χ1n) is 8.65. The second-order valence-corrected chi connectivity index (χ2v) is 7.84. The van der Waals surface area contributed by atoms with Crippen LogP contribution in [-0.4, -0.2) is 36.8 Å². The zero-order valence-corrected chi connectivity index (χ0v) is 13.5. The standard InChI is InChI=1S/C16H29ClFN3/c17-11-3-4-14(18)13(9-11)16-12(2-1-6-21-16)10-5-7-20-15(19)8-10/h10-16,20-21H,1-9,19H2. The number of nitrogens with one attached hydrogen (secondary N) is 2. The van der Waals surface area contributed by atoms with Crippen LogP contribution in [0.4, 0.5) is 4.39 Å². The summed E-state index contributed by atoms with van der Waals surface area (Å²) in [6.07, 6.45) is 6.33. The molecule has 2 heterocycles. The molecule has 21 heavy (non-hydrogen) atoms. The molecule has 3 rings (SSSR count). The molecule has 0 aromatic carbocycles. The number of alkyl halides is 2. The number of nitrogens with two attached hydrogens (primary N) is 1. The van der Waals surface area contributed by atoms with Crippen molar-refractivity contribution in [2.45, 2.75) is 68.7 Å². The van der Waals surface area contributed by atoms with Crippen molar-refractivity contribution in [3.8, 4) is 0 Å². The van der Waals surface area contributed by atoms with E-state index in [0.717, 1.165) is 32.4 Å². The van der Waals surface area contributed by atoms with Crippen LogP contribution >= 0.6 is 11.6 Å². The van der Waals surface area contributed by atoms with Gasteiger partial charge in [0.1, 0.15) is 6.17 Å². The van der Waals surface area contributed by atoms with Gasteiger partial charge in [0, 0.05) is 17.3 Å². The first kappa shape index (κ1) is 16.0. The van der Waals surface area contributed by atoms with Crippen LogP contribution in [0.2, 0.25) is 0 Å². The summed E-state index contributed by atoms with van der Waals surface area (Å²) in [6, 6.07) is 0.297. The fourth-order valence-electron chi connectivity index (χ4n) is 4.79. The smallest absolute Gasteiger partial charge is 0.105 e. The van der Waals surface area contributed by atoms with Crippen molar-refractivity contribution < 1.29 is 4.39 Å². The minimum absolute atomic E-state index is 0.0951. The number of halogens is 2. The molecule has 3 fully saturated rings. The highest BCUT2D eigenvalue weighted by atomic mass is 35.5. The van der Waals surface area contributed by atoms with Gasteiger partial charge in [0.15, 0.2) is 0 Å². The quantitative estimate of drug-likeness (QED) is 0.685. The van der Waals surface area contributed by atoms with Gasteiger partial charge < -0.3 is 16.4 Å². The average molecular weight is 318 g/mol. The Bertz CT molecular complexity index is 343. The maximum absolute atomic E-state index is 14.5. The van der Waals surface area contributed by atoms with Crippen LogP contribution in [0.25, 0.3) is 0 Å². The van der Waals surface area contributed by atoms with Crippen molar-refractivity contribution in [1.29, 1.82) is 0 Å². The third-order valence-electron chi connectivity index (χ3n) is 5.85. The molecule has 4 N–H and O–H groups in total. The van der Waals surface area contributed by atoms with E-state index in [9.17, 15) is 4.39 Å². The summed E-state index contributed by atoms with van der Waals surface area (Å²) in [6.45, 7) is 2.02. The summed E-state index contributed by atoms with van der Waals surface area (Å²) in [5.74, 6) is 1.29. The van der Waals surface area contributed by atoms with Crippen molar-refractivity contribution in [3.05, 3.63) is 0 Å². The largest absolute Gasteiger partial charge is 0.316 e. The van der Waals surface area contributed by atoms with Crippen LogP contribution in [0.3, 0.4) is 0 Å². The summed E-state index contributed by atoms with van der Waals surface area (Å²) in [4.78, 5) is 0. The Morgan fingerprint density at radius 2 is 1.81 bits per heavy atom. The summed E-state index contributed by atoms with van der Waals surface area (Å²) in [7, 11) is 0. The van der Waals surface area contributed by atoms with E-state index < -0.39 is 6.17 Å². The summed E-state index contributed by atoms with van der Waals surface area (Å²) in [5.41, 5.74) is 6.08. The van der Waals surface area contributed by atoms with Crippen LogP contribution in [0, 0.1) is 17.8 Å². The number of hydrogen-bond acceptors (Lipinski definition) is 3. The molecule has 0 aromatic rings. The molecule has 3 aliphatic rings. The molecule has 1 saturated carbocycles. The van der Waals surface area contributed by atoms with Gasteiger partial charge in [0.25, 0.3) is 0 Å². The molecule has 7 atom stereocenters. The van der Waals surface area contributed by atoms with E-state index in [1.54, 1.807) is 0 Å². The molecular weight excluding hydrogens is 289 g/mol. The van der Waals surface area contributed by atoms with Gasteiger partial charge in [-0.1, -0.05) is 0 Å². The third-order valence-corrected chi connectivity index (χ3v) is 6.25. The predicted octanol–water partition coefficient (Wildman–Crippen LogP) is 2.38. The summed E-state index contributed by atoms with van der Waals surface area (Å²) < 4.78 is 14.5. The molecule has 7 unspecified atom stereocenters. The van der Waals surface area contributed by atoms with E-state index in [-0.39, 0.29) is 17.5 Å². The van der Waals surface area contributed by atoms with Crippen LogP contribution < -0.4 is 16.4 Å². The van der Waals surface area contributed by atoms with Gasteiger partial charge in [-0.15, -0.1) is 11.6 Å². The Kier molecular flexibility index (Phi) is 5.41. The third kappa shape index (κ3) is 3.72. The number of piperidine rings is 2. The van der Waals surface area contributed by atoms with Gasteiger partial charge >= 0.3 is 0 Å². The molecule has 3 nitrogen and oxygen atoms in total. The molecule has 122 valence electrons. The Morgan fingerprint density at radius 3 is 2.62 bits per heavy atom. The highest BCUT2D eigenvalue weighted by Crippen LogP contribution is 2.41. The molecule has 0 spiro atoms. The fourth-order valence-corrected chi connectivity index (χ4v) is 5.12. The molecule has 2 saturated heterocycles. The zero-order chi connectivity index (χ0) is 14.8. The number of hydrogen-bond donors (Lipinski definition) is 3. The van der Waals surface area contributed by atoms with Gasteiger partial charge in [-0.3, -0.25) is 0 Å². The Hall–Kier alpha value is 0.1000. The second kappa shape index (κ2) is 7.12. The molecule has 0 amide bonds. The lowest BCUT2D eigenvalue weighted by molar-refractivity contribution is 0.0543. The Labute approximate surface area is 132 Å². The maximum Gasteiger partial charge on any atom is 0.105 e. The van der Waals surface area contributed by atoms with Crippen molar-refractivity contribution >= 4 is 11.6 Å². The molecular formula is C16H29ClFN3. The fraction of sp³-hybridized carbons (Fsp3) is 1.00. The normalized spacial score (nSPS) is 49.0. The van der Waals surface area contributed by atoms with Crippen molar-refractivity contribution in [2.75, 3.05) is 13.1 Å². The Balaban J connectivity index is 1.71. The minimum atomic E-state index is -0.687. The highest BCUT2D eigenvalue weighted by Gasteiger charge is 2.42. The van der Waals surface area contributed by atoms with E-state index >= 15 is 0 Å². The minimum Gasteiger partial charge on any atom is -0.316 e. The van der Waals surface area contributed by atoms with Crippen molar-refractivity contribution in [3.63, 3.8) is 0 Å². The molecule has 5 heteroatoms. The topological polar surface area (TPSA) is 50.1 Å². The van der Waals surface area contributed by atoms with Gasteiger partial charge in [-0.05, 0) is 69.9 Å². The van der Waals surface area contributed by atoms with Crippen LogP contribution in [0.15, 0.2) is 0 Å². The lowest BCUT2D eigenvalue weighted by atomic mass is 9.68. The SMILES string of the molecule is NC1CC(C2CCCNC2C2CC(Cl)CCC2F)CCN1. The predicted molar refractivity (Wildman–Crippen MR) is 85.1 cm³/mol. The zero-order valence-electron chi connectivity index (χ0n) is 12.7. The lowest BCUT2D eigenvalue weighted by Crippen LogP contribution is -2.55. The van der Waals surface area contributed by atoms with Crippen LogP contribution in [-0.2, 0) is 0 Å². The molecule has 1 aliphatic carbocycles. The van der Waals surface area contributed by atoms with E-state index in [0.29, 0.717) is 24.3 Å². The second-order valence-electron chi connectivity index (χ2n) is 7.22. The molecule has 2 aliphatic heterocycles. The van der Waals surface area contributed by atoms with E-state index in [1.807, 2.05) is 0 Å². The monoisotopic (exact) mass is 317 g/mol. The van der Waals surface area contributed by atoms with E-state index in [1.165, 1.54) is 19.3 Å². The van der Waals surface area contributed by atoms with Gasteiger partial charge in [0.05, 0.1) is 6.17 Å². The van der Waals surface area contributed by atoms with Crippen LogP contribution in [0.1, 0.15) is 44.9 Å². The molecule has 0 radical (unpaired) electrons. The van der Waals surface area contributed by atoms with Crippen molar-refractivity contribution in [1.82, 2.24) is 10.6 Å². The number of rotatable bonds is 2. The van der Waals surface area contributed by atoms with Crippen LogP contribution in [0.5, 0.6) is 0 Å². The van der Waals surface area contributed by atoms with Gasteiger partial charge in [-0.25, -0.2) is 4.39 Å². The summed E-state index contributed by atoms with van der Waals surface area (Å²) in [5, 5.41) is 7.12. The Morgan fingerprint density at radius 1 is 0.952 bits per heavy atom. The van der Waals surface area contributed by atoms with Crippen molar-refractivity contribution in [2.24, 2.45) is 23.5 Å². The first-order valence-corrected chi connectivity index (χ1v) is 9.09. The first-order chi connectivity index (χ1) is 10.1. The summed E-state index contributed by atoms with van der Waals surface area (Å²) >= 11 is 6.33. The van der Waals surface area contributed by atoms with E-state index in [4.69, 9.17) is 17.3 Å². The average Bonchev–Trinajstić information content (AvgIpc) is 2.50. The van der Waals surface area contributed by atoms with Gasteiger partial charge in [-0.2, -0.15) is 0 Å². The maximum atomic E-state index is 14.5. The lowest BCUT2D eigenvalue weighted by Gasteiger charge is -2.46. The molecule has 0 aromatic heterocycles. The molecule has 0 bridgehead atoms. The van der Waals surface area contributed by atoms with Gasteiger partial charge in [0.2, 0.25) is 0 Å². The van der Waals surface area contributed by atoms with E-state index in [2.05, 4.69) is 10.6 Å². The highest BCUT2D eigenvalue weighted by molar-refractivity contribution is 6.20.